The van der Waals surface area contributed by atoms with E-state index in [1.165, 1.54) is 19.3 Å². The Bertz CT molecular complexity index is 86.4. The smallest absolute Gasteiger partial charge is 0.00735 e. The molecule has 0 amide bonds. The van der Waals surface area contributed by atoms with Gasteiger partial charge in [0.1, 0.15) is 0 Å². The third kappa shape index (κ3) is 1.66. The normalized spacial score (nSPS) is 29.9. The highest BCUT2D eigenvalue weighted by atomic mass is 14.6. The second-order valence-electron chi connectivity index (χ2n) is 2.40. The number of rotatable bonds is 0. The van der Waals surface area contributed by atoms with Gasteiger partial charge >= 0.3 is 0 Å². The SMILES string of the molecule is N[C@H]1CC=CCCC1. The molecule has 0 aliphatic heterocycles. The van der Waals surface area contributed by atoms with Crippen molar-refractivity contribution < 1.29 is 0 Å². The minimum absolute atomic E-state index is 0.439. The first-order chi connectivity index (χ1) is 3.89. The topological polar surface area (TPSA) is 26.0 Å². The maximum atomic E-state index is 5.68. The van der Waals surface area contributed by atoms with Crippen molar-refractivity contribution in [3.05, 3.63) is 12.2 Å². The summed E-state index contributed by atoms with van der Waals surface area (Å²) in [4.78, 5) is 0. The molecular formula is C7H13N. The molecule has 0 bridgehead atoms. The Kier molecular flexibility index (Phi) is 2.10. The number of allylic oxidation sites excluding steroid dienone is 1. The predicted molar refractivity (Wildman–Crippen MR) is 35.6 cm³/mol. The number of nitrogens with two attached hydrogens (primary N) is 1. The van der Waals surface area contributed by atoms with Crippen LogP contribution in [-0.2, 0) is 0 Å². The fraction of sp³-hybridized carbons (Fsp3) is 0.714. The van der Waals surface area contributed by atoms with Crippen molar-refractivity contribution in [3.63, 3.8) is 0 Å². The molecule has 1 aliphatic rings. The summed E-state index contributed by atoms with van der Waals surface area (Å²) >= 11 is 0. The van der Waals surface area contributed by atoms with Crippen LogP contribution < -0.4 is 5.73 Å². The molecule has 1 heteroatoms. The van der Waals surface area contributed by atoms with E-state index in [0.717, 1.165) is 6.42 Å². The molecule has 0 aromatic heterocycles. The van der Waals surface area contributed by atoms with Gasteiger partial charge in [-0.1, -0.05) is 12.2 Å². The van der Waals surface area contributed by atoms with Gasteiger partial charge in [-0.15, -0.1) is 0 Å². The first kappa shape index (κ1) is 5.83. The largest absolute Gasteiger partial charge is 0.327 e. The Morgan fingerprint density at radius 2 is 2.25 bits per heavy atom. The standard InChI is InChI=1S/C7H13N/c8-7-5-3-1-2-4-6-7/h1,3,7H,2,4-6,8H2/t7-/m0/s1. The monoisotopic (exact) mass is 111 g/mol. The predicted octanol–water partition coefficient (Wildman–Crippen LogP) is 1.44. The molecule has 2 N–H and O–H groups in total. The van der Waals surface area contributed by atoms with Gasteiger partial charge in [-0.05, 0) is 25.7 Å². The molecule has 1 rings (SSSR count). The molecule has 0 saturated heterocycles. The lowest BCUT2D eigenvalue weighted by Gasteiger charge is -2.02. The molecule has 0 heterocycles. The van der Waals surface area contributed by atoms with E-state index in [0.29, 0.717) is 6.04 Å². The highest BCUT2D eigenvalue weighted by Gasteiger charge is 2.00. The third-order valence-corrected chi connectivity index (χ3v) is 1.55. The number of hydrogen-bond acceptors (Lipinski definition) is 1. The summed E-state index contributed by atoms with van der Waals surface area (Å²) in [6.45, 7) is 0. The van der Waals surface area contributed by atoms with Crippen molar-refractivity contribution in [2.75, 3.05) is 0 Å². The van der Waals surface area contributed by atoms with Crippen LogP contribution in [-0.4, -0.2) is 6.04 Å². The first-order valence-corrected chi connectivity index (χ1v) is 3.30. The van der Waals surface area contributed by atoms with Gasteiger partial charge in [0, 0.05) is 6.04 Å². The van der Waals surface area contributed by atoms with Crippen LogP contribution in [0, 0.1) is 0 Å². The van der Waals surface area contributed by atoms with Gasteiger partial charge < -0.3 is 5.73 Å². The third-order valence-electron chi connectivity index (χ3n) is 1.55. The molecule has 0 radical (unpaired) electrons. The van der Waals surface area contributed by atoms with Crippen LogP contribution >= 0.6 is 0 Å². The summed E-state index contributed by atoms with van der Waals surface area (Å²) < 4.78 is 0. The van der Waals surface area contributed by atoms with Gasteiger partial charge in [-0.3, -0.25) is 0 Å². The lowest BCUT2D eigenvalue weighted by Crippen LogP contribution is -2.17. The van der Waals surface area contributed by atoms with Gasteiger partial charge in [0.2, 0.25) is 0 Å². The van der Waals surface area contributed by atoms with Crippen LogP contribution in [0.2, 0.25) is 0 Å². The summed E-state index contributed by atoms with van der Waals surface area (Å²) in [7, 11) is 0. The second-order valence-corrected chi connectivity index (χ2v) is 2.40. The van der Waals surface area contributed by atoms with Crippen molar-refractivity contribution in [3.8, 4) is 0 Å². The Labute approximate surface area is 50.6 Å². The van der Waals surface area contributed by atoms with Crippen LogP contribution in [0.15, 0.2) is 12.2 Å². The minimum Gasteiger partial charge on any atom is -0.327 e. The molecule has 0 aromatic carbocycles. The van der Waals surface area contributed by atoms with E-state index >= 15 is 0 Å². The lowest BCUT2D eigenvalue weighted by atomic mass is 10.1. The Hall–Kier alpha value is -0.300. The molecule has 1 nitrogen and oxygen atoms in total. The number of hydrogen-bond donors (Lipinski definition) is 1. The summed E-state index contributed by atoms with van der Waals surface area (Å²) in [5.74, 6) is 0. The van der Waals surface area contributed by atoms with Crippen LogP contribution in [0.1, 0.15) is 25.7 Å². The Morgan fingerprint density at radius 1 is 1.38 bits per heavy atom. The summed E-state index contributed by atoms with van der Waals surface area (Å²) in [6.07, 6.45) is 9.21. The van der Waals surface area contributed by atoms with Gasteiger partial charge in [-0.2, -0.15) is 0 Å². The summed E-state index contributed by atoms with van der Waals surface area (Å²) in [5.41, 5.74) is 5.68. The van der Waals surface area contributed by atoms with E-state index in [-0.39, 0.29) is 0 Å². The summed E-state index contributed by atoms with van der Waals surface area (Å²) in [5, 5.41) is 0. The van der Waals surface area contributed by atoms with Crippen molar-refractivity contribution >= 4 is 0 Å². The zero-order chi connectivity index (χ0) is 5.82. The molecule has 1 atom stereocenters. The average molecular weight is 111 g/mol. The van der Waals surface area contributed by atoms with E-state index in [4.69, 9.17) is 5.73 Å². The molecule has 0 aromatic rings. The van der Waals surface area contributed by atoms with E-state index in [1.54, 1.807) is 0 Å². The average Bonchev–Trinajstić information content (AvgIpc) is 1.94. The molecule has 0 spiro atoms. The molecule has 0 saturated carbocycles. The molecule has 0 fully saturated rings. The van der Waals surface area contributed by atoms with E-state index in [9.17, 15) is 0 Å². The fourth-order valence-corrected chi connectivity index (χ4v) is 1.00. The quantitative estimate of drug-likeness (QED) is 0.470. The maximum absolute atomic E-state index is 5.68. The zero-order valence-electron chi connectivity index (χ0n) is 5.14. The van der Waals surface area contributed by atoms with Crippen molar-refractivity contribution in [1.29, 1.82) is 0 Å². The van der Waals surface area contributed by atoms with E-state index in [2.05, 4.69) is 12.2 Å². The highest BCUT2D eigenvalue weighted by molar-refractivity contribution is 4.88. The van der Waals surface area contributed by atoms with Crippen LogP contribution in [0.25, 0.3) is 0 Å². The minimum atomic E-state index is 0.439. The van der Waals surface area contributed by atoms with E-state index in [1.807, 2.05) is 0 Å². The summed E-state index contributed by atoms with van der Waals surface area (Å²) in [6, 6.07) is 0.439. The molecular weight excluding hydrogens is 98.1 g/mol. The molecule has 8 heavy (non-hydrogen) atoms. The van der Waals surface area contributed by atoms with E-state index < -0.39 is 0 Å². The lowest BCUT2D eigenvalue weighted by molar-refractivity contribution is 0.608. The van der Waals surface area contributed by atoms with Crippen LogP contribution in [0.5, 0.6) is 0 Å². The highest BCUT2D eigenvalue weighted by Crippen LogP contribution is 2.08. The van der Waals surface area contributed by atoms with Crippen molar-refractivity contribution in [2.24, 2.45) is 5.73 Å². The van der Waals surface area contributed by atoms with Gasteiger partial charge in [-0.25, -0.2) is 0 Å². The molecule has 0 unspecified atom stereocenters. The van der Waals surface area contributed by atoms with Gasteiger partial charge in [0.25, 0.3) is 0 Å². The second kappa shape index (κ2) is 2.88. The van der Waals surface area contributed by atoms with Gasteiger partial charge in [0.15, 0.2) is 0 Å². The maximum Gasteiger partial charge on any atom is 0.00735 e. The van der Waals surface area contributed by atoms with Crippen molar-refractivity contribution in [2.45, 2.75) is 31.7 Å². The Morgan fingerprint density at radius 3 is 3.12 bits per heavy atom. The van der Waals surface area contributed by atoms with Gasteiger partial charge in [0.05, 0.1) is 0 Å². The van der Waals surface area contributed by atoms with Crippen molar-refractivity contribution in [1.82, 2.24) is 0 Å². The van der Waals surface area contributed by atoms with Crippen LogP contribution in [0.4, 0.5) is 0 Å². The fourth-order valence-electron chi connectivity index (χ4n) is 1.00. The first-order valence-electron chi connectivity index (χ1n) is 3.30. The molecule has 1 aliphatic carbocycles. The van der Waals surface area contributed by atoms with Crippen LogP contribution in [0.3, 0.4) is 0 Å². The zero-order valence-corrected chi connectivity index (χ0v) is 5.14. The molecule has 46 valence electrons. The Balaban J connectivity index is 2.30.